The van der Waals surface area contributed by atoms with Crippen LogP contribution in [0.1, 0.15) is 27.7 Å². The average Bonchev–Trinajstić information content (AvgIpc) is 2.14. The Morgan fingerprint density at radius 1 is 0.842 bits per heavy atom. The van der Waals surface area contributed by atoms with Gasteiger partial charge in [-0.1, -0.05) is 0 Å². The van der Waals surface area contributed by atoms with Crippen LogP contribution < -0.4 is 10.6 Å². The number of aliphatic carboxylic acids is 1. The normalized spacial score (nSPS) is 12.8. The number of alkyl halides is 3. The zero-order valence-corrected chi connectivity index (χ0v) is 15.6. The fourth-order valence-electron chi connectivity index (χ4n) is 0.905. The van der Waals surface area contributed by atoms with E-state index in [1.54, 1.807) is 0 Å². The molecule has 0 radical (unpaired) electrons. The van der Waals surface area contributed by atoms with Crippen LogP contribution in [0.25, 0.3) is 0 Å². The van der Waals surface area contributed by atoms with Gasteiger partial charge in [-0.2, -0.15) is 0 Å². The molecule has 0 atom stereocenters. The summed E-state index contributed by atoms with van der Waals surface area (Å²) in [5.74, 6) is -2.30. The molecule has 0 fully saturated rings. The molecule has 110 valence electrons. The van der Waals surface area contributed by atoms with Crippen LogP contribution in [0.3, 0.4) is 0 Å². The van der Waals surface area contributed by atoms with Gasteiger partial charge in [0, 0.05) is 0 Å². The molecule has 0 rings (SSSR count). The van der Waals surface area contributed by atoms with Gasteiger partial charge in [0.05, 0.1) is 0 Å². The molecule has 0 aliphatic carbocycles. The third-order valence-corrected chi connectivity index (χ3v) is 3.29. The molecule has 0 saturated heterocycles. The topological polar surface area (TPSA) is 95.5 Å². The molecule has 2 amide bonds. The minimum atomic E-state index is -1.42. The quantitative estimate of drug-likeness (QED) is 0.549. The molecule has 0 heterocycles. The van der Waals surface area contributed by atoms with Gasteiger partial charge in [0.1, 0.15) is 11.1 Å². The van der Waals surface area contributed by atoms with E-state index in [0.29, 0.717) is 0 Å². The molecule has 9 heteroatoms. The highest BCUT2D eigenvalue weighted by Crippen LogP contribution is 2.34. The summed E-state index contributed by atoms with van der Waals surface area (Å²) in [7, 11) is 0. The molecule has 0 aromatic carbocycles. The minimum absolute atomic E-state index is 0.527. The molecule has 0 aliphatic rings. The van der Waals surface area contributed by atoms with Gasteiger partial charge >= 0.3 is 5.97 Å². The third kappa shape index (κ3) is 5.78. The second kappa shape index (κ2) is 6.09. The Balaban J connectivity index is 4.89. The second-order valence-electron chi connectivity index (χ2n) is 4.96. The lowest BCUT2D eigenvalue weighted by Gasteiger charge is -2.31. The highest BCUT2D eigenvalue weighted by atomic mass is 80.0. The largest absolute Gasteiger partial charge is 0.480 e. The van der Waals surface area contributed by atoms with Crippen LogP contribution in [0, 0.1) is 0 Å². The highest BCUT2D eigenvalue weighted by molar-refractivity contribution is 9.40. The van der Waals surface area contributed by atoms with E-state index in [1.165, 1.54) is 27.7 Å². The fourth-order valence-corrected chi connectivity index (χ4v) is 1.20. The Kier molecular flexibility index (Phi) is 6.04. The van der Waals surface area contributed by atoms with Gasteiger partial charge < -0.3 is 15.7 Å². The number of carboxylic acids is 1. The third-order valence-electron chi connectivity index (χ3n) is 2.21. The van der Waals surface area contributed by atoms with Crippen molar-refractivity contribution in [1.29, 1.82) is 0 Å². The smallest absolute Gasteiger partial charge is 0.328 e. The monoisotopic (exact) mass is 464 g/mol. The van der Waals surface area contributed by atoms with Gasteiger partial charge in [-0.3, -0.25) is 9.59 Å². The molecular formula is C10H15Br3N2O4. The van der Waals surface area contributed by atoms with Crippen molar-refractivity contribution < 1.29 is 19.5 Å². The molecule has 0 spiro atoms. The number of amides is 2. The predicted molar refractivity (Wildman–Crippen MR) is 81.6 cm³/mol. The number of carboxylic acid groups (broad SMARTS) is 1. The highest BCUT2D eigenvalue weighted by Gasteiger charge is 2.39. The summed E-state index contributed by atoms with van der Waals surface area (Å²) in [5, 5.41) is 13.8. The number of halogens is 3. The summed E-state index contributed by atoms with van der Waals surface area (Å²) in [6.45, 7) is 5.65. The van der Waals surface area contributed by atoms with Crippen LogP contribution in [0.5, 0.6) is 0 Å². The predicted octanol–water partition coefficient (Wildman–Crippen LogP) is 1.70. The van der Waals surface area contributed by atoms with Crippen molar-refractivity contribution in [3.05, 3.63) is 0 Å². The van der Waals surface area contributed by atoms with Crippen LogP contribution in [-0.2, 0) is 14.4 Å². The number of carbonyl (C=O) groups excluding carboxylic acids is 2. The molecular weight excluding hydrogens is 452 g/mol. The van der Waals surface area contributed by atoms with Gasteiger partial charge in [-0.25, -0.2) is 4.79 Å². The summed E-state index contributed by atoms with van der Waals surface area (Å²) in [4.78, 5) is 34.7. The van der Waals surface area contributed by atoms with Crippen molar-refractivity contribution in [2.45, 2.75) is 40.9 Å². The van der Waals surface area contributed by atoms with Crippen LogP contribution in [0.4, 0.5) is 0 Å². The van der Waals surface area contributed by atoms with Gasteiger partial charge in [-0.05, 0) is 75.5 Å². The molecule has 19 heavy (non-hydrogen) atoms. The van der Waals surface area contributed by atoms with Gasteiger partial charge in [-0.15, -0.1) is 0 Å². The first-order valence-corrected chi connectivity index (χ1v) is 7.53. The molecule has 3 N–H and O–H groups in total. The number of nitrogens with one attached hydrogen (secondary N) is 2. The summed E-state index contributed by atoms with van der Waals surface area (Å²) >= 11 is 9.08. The maximum Gasteiger partial charge on any atom is 0.328 e. The van der Waals surface area contributed by atoms with Gasteiger partial charge in [0.15, 0.2) is 0 Å². The summed E-state index contributed by atoms with van der Waals surface area (Å²) in [6.07, 6.45) is 0. The maximum atomic E-state index is 12.0. The van der Waals surface area contributed by atoms with Crippen LogP contribution >= 0.6 is 47.8 Å². The maximum absolute atomic E-state index is 12.0. The lowest BCUT2D eigenvalue weighted by Crippen LogP contribution is -2.62. The lowest BCUT2D eigenvalue weighted by molar-refractivity contribution is -0.147. The number of hydrogen-bond donors (Lipinski definition) is 3. The molecule has 0 aromatic heterocycles. The van der Waals surface area contributed by atoms with E-state index in [9.17, 15) is 14.4 Å². The fraction of sp³-hybridized carbons (Fsp3) is 0.700. The lowest BCUT2D eigenvalue weighted by atomic mass is 10.00. The van der Waals surface area contributed by atoms with E-state index in [2.05, 4.69) is 58.4 Å². The number of rotatable bonds is 4. The Morgan fingerprint density at radius 2 is 1.21 bits per heavy atom. The first kappa shape index (κ1) is 18.9. The van der Waals surface area contributed by atoms with E-state index in [0.717, 1.165) is 0 Å². The van der Waals surface area contributed by atoms with Crippen molar-refractivity contribution in [3.63, 3.8) is 0 Å². The van der Waals surface area contributed by atoms with E-state index in [-0.39, 0.29) is 0 Å². The van der Waals surface area contributed by atoms with E-state index < -0.39 is 31.0 Å². The summed E-state index contributed by atoms with van der Waals surface area (Å²) < 4.78 is -1.19. The molecule has 0 unspecified atom stereocenters. The van der Waals surface area contributed by atoms with Gasteiger partial charge in [0.2, 0.25) is 8.05 Å². The first-order chi connectivity index (χ1) is 8.20. The zero-order valence-electron chi connectivity index (χ0n) is 10.8. The second-order valence-corrected chi connectivity index (χ2v) is 11.7. The molecule has 0 saturated carbocycles. The van der Waals surface area contributed by atoms with Crippen molar-refractivity contribution in [2.24, 2.45) is 0 Å². The zero-order chi connectivity index (χ0) is 15.6. The molecule has 0 aromatic rings. The SMILES string of the molecule is CC(C)(NC(=O)C(C)(C)NC(=O)C(Br)(Br)Br)C(=O)O. The van der Waals surface area contributed by atoms with Crippen molar-refractivity contribution in [1.82, 2.24) is 10.6 Å². The van der Waals surface area contributed by atoms with E-state index in [1.807, 2.05) is 0 Å². The van der Waals surface area contributed by atoms with Crippen molar-refractivity contribution >= 4 is 65.6 Å². The average molecular weight is 467 g/mol. The Morgan fingerprint density at radius 3 is 1.53 bits per heavy atom. The summed E-state index contributed by atoms with van der Waals surface area (Å²) in [6, 6.07) is 0. The number of hydrogen-bond acceptors (Lipinski definition) is 3. The van der Waals surface area contributed by atoms with Crippen molar-refractivity contribution in [3.8, 4) is 0 Å². The van der Waals surface area contributed by atoms with E-state index in [4.69, 9.17) is 5.11 Å². The van der Waals surface area contributed by atoms with Crippen molar-refractivity contribution in [2.75, 3.05) is 0 Å². The van der Waals surface area contributed by atoms with Crippen LogP contribution in [0.2, 0.25) is 0 Å². The Bertz CT molecular complexity index is 402. The molecule has 6 nitrogen and oxygen atoms in total. The van der Waals surface area contributed by atoms with Gasteiger partial charge in [0.25, 0.3) is 5.91 Å². The first-order valence-electron chi connectivity index (χ1n) is 5.15. The molecule has 0 aliphatic heterocycles. The van der Waals surface area contributed by atoms with E-state index >= 15 is 0 Å². The number of carbonyl (C=O) groups is 3. The van der Waals surface area contributed by atoms with Crippen LogP contribution in [0.15, 0.2) is 0 Å². The Hall–Kier alpha value is -0.150. The summed E-state index contributed by atoms with van der Waals surface area (Å²) in [5.41, 5.74) is -2.70. The minimum Gasteiger partial charge on any atom is -0.480 e. The standard InChI is InChI=1S/C10H15Br3N2O4/c1-8(2,15-6(17)10(11,12)13)5(16)14-9(3,4)7(18)19/h1-4H3,(H,14,16)(H,15,17)(H,18,19). The van der Waals surface area contributed by atoms with Crippen LogP contribution in [-0.4, -0.2) is 36.1 Å². The molecule has 0 bridgehead atoms. The Labute approximate surface area is 136 Å².